The monoisotopic (exact) mass is 458 g/mol. The predicted octanol–water partition coefficient (Wildman–Crippen LogP) is 7.46. The maximum atomic E-state index is 13.7. The lowest BCUT2D eigenvalue weighted by atomic mass is 9.86. The lowest BCUT2D eigenvalue weighted by Crippen LogP contribution is -2.22. The van der Waals surface area contributed by atoms with Gasteiger partial charge >= 0.3 is 6.18 Å². The van der Waals surface area contributed by atoms with Crippen LogP contribution in [0.2, 0.25) is 0 Å². The van der Waals surface area contributed by atoms with Gasteiger partial charge in [-0.3, -0.25) is 0 Å². The fraction of sp³-hybridized carbons (Fsp3) is 0.360. The molecule has 2 aromatic carbocycles. The number of rotatable bonds is 5. The van der Waals surface area contributed by atoms with Crippen LogP contribution in [0.5, 0.6) is 5.75 Å². The Morgan fingerprint density at radius 3 is 2.00 bits per heavy atom. The molecule has 0 aliphatic rings. The van der Waals surface area contributed by atoms with Crippen molar-refractivity contribution >= 4 is 23.1 Å². The van der Waals surface area contributed by atoms with E-state index in [4.69, 9.17) is 4.74 Å². The number of nitrogens with zero attached hydrogens (tertiary/aromatic N) is 2. The van der Waals surface area contributed by atoms with Crippen molar-refractivity contribution in [1.82, 2.24) is 9.97 Å². The quantitative estimate of drug-likeness (QED) is 0.416. The smallest absolute Gasteiger partial charge is 0.421 e. The van der Waals surface area contributed by atoms with Gasteiger partial charge in [0.05, 0.1) is 0 Å². The summed E-state index contributed by atoms with van der Waals surface area (Å²) in [5.41, 5.74) is 0.509. The Morgan fingerprint density at radius 2 is 1.42 bits per heavy atom. The van der Waals surface area contributed by atoms with Crippen LogP contribution in [0, 0.1) is 0 Å². The van der Waals surface area contributed by atoms with Crippen LogP contribution >= 0.6 is 0 Å². The highest BCUT2D eigenvalue weighted by molar-refractivity contribution is 5.66. The second kappa shape index (κ2) is 8.92. The number of aromatic nitrogens is 2. The van der Waals surface area contributed by atoms with E-state index in [1.165, 1.54) is 0 Å². The molecule has 1 heterocycles. The Labute approximate surface area is 192 Å². The van der Waals surface area contributed by atoms with Gasteiger partial charge in [0.1, 0.15) is 22.7 Å². The Kier molecular flexibility index (Phi) is 6.58. The predicted molar refractivity (Wildman–Crippen MR) is 126 cm³/mol. The first kappa shape index (κ1) is 24.4. The Morgan fingerprint density at radius 1 is 0.788 bits per heavy atom. The van der Waals surface area contributed by atoms with Crippen molar-refractivity contribution in [3.05, 3.63) is 65.9 Å². The van der Waals surface area contributed by atoms with E-state index in [1.807, 2.05) is 53.7 Å². The van der Waals surface area contributed by atoms with Crippen LogP contribution in [0.4, 0.5) is 36.3 Å². The largest absolute Gasteiger partial charge is 0.488 e. The van der Waals surface area contributed by atoms with E-state index in [1.54, 1.807) is 36.4 Å². The zero-order valence-corrected chi connectivity index (χ0v) is 19.6. The molecule has 0 aliphatic carbocycles. The number of para-hydroxylation sites is 1. The number of ether oxygens (including phenoxy) is 1. The molecule has 5 nitrogen and oxygen atoms in total. The first-order valence-electron chi connectivity index (χ1n) is 10.6. The molecule has 176 valence electrons. The van der Waals surface area contributed by atoms with Gasteiger partial charge < -0.3 is 15.4 Å². The second-order valence-corrected chi connectivity index (χ2v) is 9.74. The molecular formula is C25H29F3N4O. The summed E-state index contributed by atoms with van der Waals surface area (Å²) < 4.78 is 46.8. The van der Waals surface area contributed by atoms with Crippen molar-refractivity contribution in [2.75, 3.05) is 10.6 Å². The van der Waals surface area contributed by atoms with E-state index >= 15 is 0 Å². The number of nitrogens with one attached hydrogen (secondary N) is 2. The molecule has 0 aliphatic heterocycles. The van der Waals surface area contributed by atoms with Crippen LogP contribution in [-0.4, -0.2) is 15.6 Å². The summed E-state index contributed by atoms with van der Waals surface area (Å²) in [4.78, 5) is 8.03. The molecule has 0 saturated heterocycles. The van der Waals surface area contributed by atoms with Crippen molar-refractivity contribution in [3.63, 3.8) is 0 Å². The topological polar surface area (TPSA) is 59.1 Å². The minimum Gasteiger partial charge on any atom is -0.488 e. The number of hydrogen-bond donors (Lipinski definition) is 2. The van der Waals surface area contributed by atoms with Crippen molar-refractivity contribution in [3.8, 4) is 5.75 Å². The third kappa shape index (κ3) is 6.60. The fourth-order valence-corrected chi connectivity index (χ4v) is 3.21. The highest BCUT2D eigenvalue weighted by atomic mass is 19.4. The van der Waals surface area contributed by atoms with Crippen molar-refractivity contribution in [2.24, 2.45) is 0 Å². The SMILES string of the molecule is CC(C)(C)Oc1ccc(Nc2ncc(C(F)(F)F)c(Nc3ccccc3C(C)(C)C)n2)cc1. The van der Waals surface area contributed by atoms with Gasteiger partial charge in [-0.15, -0.1) is 0 Å². The van der Waals surface area contributed by atoms with Gasteiger partial charge in [-0.05, 0) is 62.1 Å². The zero-order valence-electron chi connectivity index (χ0n) is 19.6. The van der Waals surface area contributed by atoms with Crippen LogP contribution in [0.15, 0.2) is 54.7 Å². The minimum atomic E-state index is -4.61. The molecule has 33 heavy (non-hydrogen) atoms. The van der Waals surface area contributed by atoms with E-state index < -0.39 is 11.7 Å². The lowest BCUT2D eigenvalue weighted by molar-refractivity contribution is -0.137. The number of anilines is 4. The van der Waals surface area contributed by atoms with E-state index in [0.29, 0.717) is 17.1 Å². The molecule has 0 unspecified atom stereocenters. The van der Waals surface area contributed by atoms with Gasteiger partial charge in [-0.25, -0.2) is 4.98 Å². The summed E-state index contributed by atoms with van der Waals surface area (Å²) in [7, 11) is 0. The number of hydrogen-bond acceptors (Lipinski definition) is 5. The van der Waals surface area contributed by atoms with E-state index in [0.717, 1.165) is 11.8 Å². The van der Waals surface area contributed by atoms with Gasteiger partial charge in [-0.2, -0.15) is 18.2 Å². The van der Waals surface area contributed by atoms with Crippen LogP contribution in [0.3, 0.4) is 0 Å². The van der Waals surface area contributed by atoms with Crippen molar-refractivity contribution < 1.29 is 17.9 Å². The van der Waals surface area contributed by atoms with Crippen LogP contribution in [-0.2, 0) is 11.6 Å². The Hall–Kier alpha value is -3.29. The maximum Gasteiger partial charge on any atom is 0.421 e. The summed E-state index contributed by atoms with van der Waals surface area (Å²) >= 11 is 0. The maximum absolute atomic E-state index is 13.7. The summed E-state index contributed by atoms with van der Waals surface area (Å²) in [5.74, 6) is 0.412. The third-order valence-corrected chi connectivity index (χ3v) is 4.62. The lowest BCUT2D eigenvalue weighted by Gasteiger charge is -2.24. The van der Waals surface area contributed by atoms with Gasteiger partial charge in [-0.1, -0.05) is 39.0 Å². The summed E-state index contributed by atoms with van der Waals surface area (Å²) in [6, 6.07) is 14.3. The molecule has 0 bridgehead atoms. The van der Waals surface area contributed by atoms with Gasteiger partial charge in [0.2, 0.25) is 5.95 Å². The Bertz CT molecular complexity index is 1100. The first-order valence-corrected chi connectivity index (χ1v) is 10.6. The van der Waals surface area contributed by atoms with E-state index in [2.05, 4.69) is 20.6 Å². The molecule has 0 saturated carbocycles. The van der Waals surface area contributed by atoms with Crippen molar-refractivity contribution in [1.29, 1.82) is 0 Å². The Balaban J connectivity index is 1.92. The fourth-order valence-electron chi connectivity index (χ4n) is 3.21. The average molecular weight is 459 g/mol. The van der Waals surface area contributed by atoms with Gasteiger partial charge in [0, 0.05) is 17.6 Å². The molecule has 1 aromatic heterocycles. The molecule has 0 atom stereocenters. The molecule has 3 aromatic rings. The molecular weight excluding hydrogens is 429 g/mol. The standard InChI is InChI=1S/C25H29F3N4O/c1-23(2,3)18-9-7-8-10-20(18)31-21-19(25(26,27)28)15-29-22(32-21)30-16-11-13-17(14-12-16)33-24(4,5)6/h7-15H,1-6H3,(H2,29,30,31,32). The molecule has 0 amide bonds. The minimum absolute atomic E-state index is 0.0447. The number of halogens is 3. The number of alkyl halides is 3. The molecule has 2 N–H and O–H groups in total. The third-order valence-electron chi connectivity index (χ3n) is 4.62. The second-order valence-electron chi connectivity index (χ2n) is 9.74. The van der Waals surface area contributed by atoms with Gasteiger partial charge in [0.15, 0.2) is 0 Å². The van der Waals surface area contributed by atoms with Gasteiger partial charge in [0.25, 0.3) is 0 Å². The first-order chi connectivity index (χ1) is 15.2. The molecule has 8 heteroatoms. The highest BCUT2D eigenvalue weighted by Gasteiger charge is 2.35. The average Bonchev–Trinajstić information content (AvgIpc) is 2.67. The normalized spacial score (nSPS) is 12.4. The summed E-state index contributed by atoms with van der Waals surface area (Å²) in [6.07, 6.45) is -3.82. The molecule has 3 rings (SSSR count). The summed E-state index contributed by atoms with van der Waals surface area (Å²) in [5, 5.41) is 5.84. The molecule has 0 radical (unpaired) electrons. The summed E-state index contributed by atoms with van der Waals surface area (Å²) in [6.45, 7) is 11.8. The van der Waals surface area contributed by atoms with E-state index in [-0.39, 0.29) is 22.8 Å². The van der Waals surface area contributed by atoms with Crippen LogP contribution in [0.25, 0.3) is 0 Å². The van der Waals surface area contributed by atoms with E-state index in [9.17, 15) is 13.2 Å². The zero-order chi connectivity index (χ0) is 24.4. The molecule has 0 spiro atoms. The highest BCUT2D eigenvalue weighted by Crippen LogP contribution is 2.37. The number of benzene rings is 2. The molecule has 0 fully saturated rings. The van der Waals surface area contributed by atoms with Crippen LogP contribution < -0.4 is 15.4 Å². The van der Waals surface area contributed by atoms with Crippen molar-refractivity contribution in [2.45, 2.75) is 58.7 Å². The van der Waals surface area contributed by atoms with Crippen LogP contribution in [0.1, 0.15) is 52.7 Å².